The van der Waals surface area contributed by atoms with Crippen molar-refractivity contribution in [2.45, 2.75) is 13.3 Å². The van der Waals surface area contributed by atoms with Gasteiger partial charge in [0.25, 0.3) is 0 Å². The predicted octanol–water partition coefficient (Wildman–Crippen LogP) is 1.89. The van der Waals surface area contributed by atoms with Gasteiger partial charge in [0.15, 0.2) is 0 Å². The Morgan fingerprint density at radius 1 is 1.19 bits per heavy atom. The molecule has 0 unspecified atom stereocenters. The molecular weight excluding hydrogens is 200 g/mol. The van der Waals surface area contributed by atoms with Gasteiger partial charge < -0.3 is 5.32 Å². The van der Waals surface area contributed by atoms with Crippen LogP contribution in [0.4, 0.5) is 5.82 Å². The smallest absolute Gasteiger partial charge is 0.129 e. The van der Waals surface area contributed by atoms with Crippen LogP contribution in [-0.2, 0) is 6.42 Å². The van der Waals surface area contributed by atoms with Gasteiger partial charge in [-0.15, -0.1) is 0 Å². The van der Waals surface area contributed by atoms with E-state index in [1.807, 2.05) is 25.1 Å². The van der Waals surface area contributed by atoms with Gasteiger partial charge >= 0.3 is 0 Å². The summed E-state index contributed by atoms with van der Waals surface area (Å²) in [7, 11) is 0. The number of hydrogen-bond donors (Lipinski definition) is 1. The first kappa shape index (κ1) is 10.5. The summed E-state index contributed by atoms with van der Waals surface area (Å²) >= 11 is 0. The quantitative estimate of drug-likeness (QED) is 0.844. The summed E-state index contributed by atoms with van der Waals surface area (Å²) < 4.78 is 0. The lowest BCUT2D eigenvalue weighted by atomic mass is 10.1. The van der Waals surface area contributed by atoms with Crippen molar-refractivity contribution in [3.63, 3.8) is 0 Å². The van der Waals surface area contributed by atoms with Crippen LogP contribution in [0, 0.1) is 0 Å². The average molecular weight is 214 g/mol. The van der Waals surface area contributed by atoms with E-state index in [9.17, 15) is 0 Å². The van der Waals surface area contributed by atoms with Crippen molar-refractivity contribution in [2.24, 2.45) is 0 Å². The highest BCUT2D eigenvalue weighted by atomic mass is 15.0. The normalized spacial score (nSPS) is 10.1. The zero-order valence-electron chi connectivity index (χ0n) is 9.22. The number of rotatable bonds is 4. The van der Waals surface area contributed by atoms with E-state index in [4.69, 9.17) is 0 Å². The fourth-order valence-electron chi connectivity index (χ4n) is 1.48. The van der Waals surface area contributed by atoms with Gasteiger partial charge in [-0.3, -0.25) is 4.98 Å². The molecule has 0 bridgehead atoms. The van der Waals surface area contributed by atoms with E-state index in [2.05, 4.69) is 20.3 Å². The lowest BCUT2D eigenvalue weighted by Crippen LogP contribution is -2.01. The van der Waals surface area contributed by atoms with Crippen LogP contribution >= 0.6 is 0 Å². The van der Waals surface area contributed by atoms with E-state index in [0.29, 0.717) is 0 Å². The van der Waals surface area contributed by atoms with E-state index in [0.717, 1.165) is 24.5 Å². The number of nitrogens with zero attached hydrogens (tertiary/aromatic N) is 3. The highest BCUT2D eigenvalue weighted by Gasteiger charge is 1.99. The lowest BCUT2D eigenvalue weighted by molar-refractivity contribution is 1.01. The molecule has 0 saturated carbocycles. The van der Waals surface area contributed by atoms with Crippen LogP contribution in [0.25, 0.3) is 0 Å². The average Bonchev–Trinajstić information content (AvgIpc) is 2.31. The zero-order chi connectivity index (χ0) is 11.2. The van der Waals surface area contributed by atoms with Gasteiger partial charge in [-0.1, -0.05) is 0 Å². The van der Waals surface area contributed by atoms with Gasteiger partial charge in [0, 0.05) is 31.4 Å². The third-order valence-electron chi connectivity index (χ3n) is 2.22. The topological polar surface area (TPSA) is 50.7 Å². The van der Waals surface area contributed by atoms with Crippen LogP contribution < -0.4 is 5.32 Å². The number of anilines is 1. The molecule has 0 amide bonds. The lowest BCUT2D eigenvalue weighted by Gasteiger charge is -2.04. The maximum absolute atomic E-state index is 4.25. The molecule has 2 rings (SSSR count). The molecule has 2 aromatic heterocycles. The van der Waals surface area contributed by atoms with Crippen LogP contribution in [0.3, 0.4) is 0 Å². The highest BCUT2D eigenvalue weighted by molar-refractivity contribution is 5.35. The van der Waals surface area contributed by atoms with E-state index in [-0.39, 0.29) is 0 Å². The number of aromatic nitrogens is 3. The van der Waals surface area contributed by atoms with Crippen LogP contribution in [0.5, 0.6) is 0 Å². The summed E-state index contributed by atoms with van der Waals surface area (Å²) in [5, 5.41) is 3.17. The largest absolute Gasteiger partial charge is 0.370 e. The molecule has 0 atom stereocenters. The molecule has 82 valence electrons. The van der Waals surface area contributed by atoms with Crippen molar-refractivity contribution < 1.29 is 0 Å². The molecule has 2 heterocycles. The van der Waals surface area contributed by atoms with Gasteiger partial charge in [0.2, 0.25) is 0 Å². The molecule has 0 spiro atoms. The Bertz CT molecular complexity index is 442. The summed E-state index contributed by atoms with van der Waals surface area (Å²) in [6, 6.07) is 5.97. The molecule has 4 heteroatoms. The Balaban J connectivity index is 2.12. The molecule has 2 aromatic rings. The summed E-state index contributed by atoms with van der Waals surface area (Å²) in [4.78, 5) is 12.4. The minimum Gasteiger partial charge on any atom is -0.370 e. The van der Waals surface area contributed by atoms with Crippen LogP contribution in [0.2, 0.25) is 0 Å². The molecule has 0 aliphatic carbocycles. The van der Waals surface area contributed by atoms with Gasteiger partial charge in [-0.25, -0.2) is 9.97 Å². The van der Waals surface area contributed by atoms with Gasteiger partial charge in [-0.2, -0.15) is 0 Å². The van der Waals surface area contributed by atoms with Gasteiger partial charge in [-0.05, 0) is 24.6 Å². The van der Waals surface area contributed by atoms with Crippen LogP contribution in [0.1, 0.15) is 18.2 Å². The first-order valence-electron chi connectivity index (χ1n) is 5.32. The highest BCUT2D eigenvalue weighted by Crippen LogP contribution is 2.08. The summed E-state index contributed by atoms with van der Waals surface area (Å²) in [5.41, 5.74) is 2.22. The Hall–Kier alpha value is -1.97. The van der Waals surface area contributed by atoms with Crippen molar-refractivity contribution in [2.75, 3.05) is 11.9 Å². The molecule has 4 nitrogen and oxygen atoms in total. The molecule has 1 N–H and O–H groups in total. The van der Waals surface area contributed by atoms with Crippen molar-refractivity contribution >= 4 is 5.82 Å². The second-order valence-corrected chi connectivity index (χ2v) is 3.46. The molecule has 0 aromatic carbocycles. The van der Waals surface area contributed by atoms with Crippen molar-refractivity contribution in [3.8, 4) is 0 Å². The number of hydrogen-bond acceptors (Lipinski definition) is 4. The Morgan fingerprint density at radius 3 is 2.75 bits per heavy atom. The first-order valence-corrected chi connectivity index (χ1v) is 5.32. The van der Waals surface area contributed by atoms with Gasteiger partial charge in [0.05, 0.1) is 5.69 Å². The number of pyridine rings is 1. The van der Waals surface area contributed by atoms with E-state index in [1.54, 1.807) is 18.7 Å². The fourth-order valence-corrected chi connectivity index (χ4v) is 1.48. The van der Waals surface area contributed by atoms with Crippen LogP contribution in [0.15, 0.2) is 36.9 Å². The van der Waals surface area contributed by atoms with Crippen LogP contribution in [-0.4, -0.2) is 21.5 Å². The zero-order valence-corrected chi connectivity index (χ0v) is 9.22. The monoisotopic (exact) mass is 214 g/mol. The molecule has 0 saturated heterocycles. The third-order valence-corrected chi connectivity index (χ3v) is 2.22. The molecule has 16 heavy (non-hydrogen) atoms. The summed E-state index contributed by atoms with van der Waals surface area (Å²) in [6.45, 7) is 2.91. The summed E-state index contributed by atoms with van der Waals surface area (Å²) in [6.07, 6.45) is 5.99. The third kappa shape index (κ3) is 2.76. The maximum Gasteiger partial charge on any atom is 0.129 e. The van der Waals surface area contributed by atoms with E-state index < -0.39 is 0 Å². The number of nitrogens with one attached hydrogen (secondary N) is 1. The standard InChI is InChI=1S/C12H14N4/c1-2-14-12-8-11(15-9-16-12)7-10-3-5-13-6-4-10/h3-6,8-9H,2,7H2,1H3,(H,14,15,16). The Morgan fingerprint density at radius 2 is 2.00 bits per heavy atom. The van der Waals surface area contributed by atoms with Crippen molar-refractivity contribution in [1.29, 1.82) is 0 Å². The fraction of sp³-hybridized carbons (Fsp3) is 0.250. The molecular formula is C12H14N4. The second kappa shape index (κ2) is 5.21. The van der Waals surface area contributed by atoms with E-state index >= 15 is 0 Å². The SMILES string of the molecule is CCNc1cc(Cc2ccncc2)ncn1. The van der Waals surface area contributed by atoms with E-state index in [1.165, 1.54) is 5.56 Å². The van der Waals surface area contributed by atoms with Crippen molar-refractivity contribution in [1.82, 2.24) is 15.0 Å². The predicted molar refractivity (Wildman–Crippen MR) is 63.2 cm³/mol. The molecule has 0 aliphatic rings. The molecule has 0 fully saturated rings. The first-order chi connectivity index (χ1) is 7.88. The maximum atomic E-state index is 4.25. The molecule has 0 aliphatic heterocycles. The molecule has 0 radical (unpaired) electrons. The minimum atomic E-state index is 0.809. The Labute approximate surface area is 94.8 Å². The summed E-state index contributed by atoms with van der Waals surface area (Å²) in [5.74, 6) is 0.876. The van der Waals surface area contributed by atoms with Gasteiger partial charge in [0.1, 0.15) is 12.1 Å². The Kier molecular flexibility index (Phi) is 3.43. The minimum absolute atomic E-state index is 0.809. The second-order valence-electron chi connectivity index (χ2n) is 3.46. The van der Waals surface area contributed by atoms with Crippen molar-refractivity contribution in [3.05, 3.63) is 48.2 Å².